The third-order valence-corrected chi connectivity index (χ3v) is 4.82. The number of hydrogen-bond acceptors (Lipinski definition) is 4. The van der Waals surface area contributed by atoms with Crippen LogP contribution in [0.5, 0.6) is 0 Å². The summed E-state index contributed by atoms with van der Waals surface area (Å²) >= 11 is 8.38. The van der Waals surface area contributed by atoms with Gasteiger partial charge >= 0.3 is 0 Å². The predicted octanol–water partition coefficient (Wildman–Crippen LogP) is 3.46. The van der Waals surface area contributed by atoms with E-state index in [1.165, 1.54) is 9.56 Å². The Morgan fingerprint density at radius 3 is 2.89 bits per heavy atom. The van der Waals surface area contributed by atoms with Crippen LogP contribution < -0.4 is 10.9 Å². The van der Waals surface area contributed by atoms with Crippen LogP contribution in [0.25, 0.3) is 0 Å². The average Bonchev–Trinajstić information content (AvgIpc) is 2.77. The van der Waals surface area contributed by atoms with Crippen LogP contribution in [-0.4, -0.2) is 9.78 Å². The quantitative estimate of drug-likeness (QED) is 0.866. The van der Waals surface area contributed by atoms with Crippen LogP contribution in [0.1, 0.15) is 11.8 Å². The number of nitrogens with zero attached hydrogens (tertiary/aromatic N) is 2. The third-order valence-electron chi connectivity index (χ3n) is 2.36. The fourth-order valence-electron chi connectivity index (χ4n) is 1.44. The van der Waals surface area contributed by atoms with Crippen molar-refractivity contribution in [2.45, 2.75) is 20.0 Å². The lowest BCUT2D eigenvalue weighted by atomic mass is 10.4. The first-order valence-corrected chi connectivity index (χ1v) is 7.80. The Balaban J connectivity index is 2.15. The maximum absolute atomic E-state index is 11.8. The van der Waals surface area contributed by atoms with Crippen molar-refractivity contribution >= 4 is 48.9 Å². The zero-order chi connectivity index (χ0) is 13.1. The normalized spacial score (nSPS) is 10.6. The van der Waals surface area contributed by atoms with Gasteiger partial charge in [-0.3, -0.25) is 4.79 Å². The minimum atomic E-state index is -0.116. The van der Waals surface area contributed by atoms with Gasteiger partial charge in [-0.1, -0.05) is 0 Å². The molecule has 2 aromatic heterocycles. The molecule has 0 aliphatic heterocycles. The Labute approximate surface area is 125 Å². The van der Waals surface area contributed by atoms with E-state index in [0.717, 1.165) is 4.47 Å². The summed E-state index contributed by atoms with van der Waals surface area (Å²) in [4.78, 5) is 13.0. The van der Waals surface area contributed by atoms with Crippen LogP contribution in [-0.2, 0) is 13.1 Å². The predicted molar refractivity (Wildman–Crippen MR) is 81.2 cm³/mol. The number of anilines is 1. The fourth-order valence-corrected chi connectivity index (χ4v) is 3.28. The van der Waals surface area contributed by atoms with Crippen LogP contribution in [0.15, 0.2) is 31.4 Å². The Morgan fingerprint density at radius 2 is 2.28 bits per heavy atom. The highest BCUT2D eigenvalue weighted by Crippen LogP contribution is 2.22. The molecule has 0 atom stereocenters. The van der Waals surface area contributed by atoms with Crippen LogP contribution in [0.3, 0.4) is 0 Å². The summed E-state index contributed by atoms with van der Waals surface area (Å²) in [5.41, 5.74) is 0.601. The van der Waals surface area contributed by atoms with Crippen molar-refractivity contribution in [2.24, 2.45) is 0 Å². The number of thiophene rings is 1. The molecule has 0 saturated heterocycles. The minimum Gasteiger partial charge on any atom is -0.378 e. The van der Waals surface area contributed by atoms with Crippen molar-refractivity contribution < 1.29 is 0 Å². The van der Waals surface area contributed by atoms with E-state index in [-0.39, 0.29) is 5.56 Å². The number of aromatic nitrogens is 2. The summed E-state index contributed by atoms with van der Waals surface area (Å²) in [6.07, 6.45) is 1.66. The van der Waals surface area contributed by atoms with E-state index < -0.39 is 0 Å². The number of rotatable bonds is 4. The van der Waals surface area contributed by atoms with Gasteiger partial charge in [0.25, 0.3) is 5.56 Å². The summed E-state index contributed by atoms with van der Waals surface area (Å²) in [5.74, 6) is 0. The molecule has 96 valence electrons. The first kappa shape index (κ1) is 13.8. The molecule has 0 fully saturated rings. The molecule has 2 rings (SSSR count). The van der Waals surface area contributed by atoms with E-state index >= 15 is 0 Å². The van der Waals surface area contributed by atoms with E-state index in [1.807, 2.05) is 18.4 Å². The van der Waals surface area contributed by atoms with Crippen molar-refractivity contribution in [1.29, 1.82) is 0 Å². The Morgan fingerprint density at radius 1 is 1.50 bits per heavy atom. The fraction of sp³-hybridized carbons (Fsp3) is 0.273. The van der Waals surface area contributed by atoms with Gasteiger partial charge in [0.2, 0.25) is 0 Å². The average molecular weight is 393 g/mol. The van der Waals surface area contributed by atoms with Crippen molar-refractivity contribution in [3.63, 3.8) is 0 Å². The van der Waals surface area contributed by atoms with Crippen molar-refractivity contribution in [3.05, 3.63) is 41.8 Å². The van der Waals surface area contributed by atoms with Gasteiger partial charge in [-0.05, 0) is 44.8 Å². The van der Waals surface area contributed by atoms with Gasteiger partial charge in [0.1, 0.15) is 4.47 Å². The highest BCUT2D eigenvalue weighted by atomic mass is 79.9. The highest BCUT2D eigenvalue weighted by molar-refractivity contribution is 9.10. The summed E-state index contributed by atoms with van der Waals surface area (Å²) in [6, 6.07) is 2.05. The van der Waals surface area contributed by atoms with Gasteiger partial charge in [-0.15, -0.1) is 11.3 Å². The molecule has 0 aliphatic rings. The lowest BCUT2D eigenvalue weighted by Crippen LogP contribution is -2.23. The smallest absolute Gasteiger partial charge is 0.283 e. The summed E-state index contributed by atoms with van der Waals surface area (Å²) < 4.78 is 3.01. The van der Waals surface area contributed by atoms with E-state index in [0.29, 0.717) is 23.2 Å². The zero-order valence-electron chi connectivity index (χ0n) is 9.61. The molecule has 0 radical (unpaired) electrons. The van der Waals surface area contributed by atoms with Gasteiger partial charge in [0.15, 0.2) is 0 Å². The van der Waals surface area contributed by atoms with Crippen LogP contribution in [0.4, 0.5) is 5.69 Å². The second-order valence-corrected chi connectivity index (χ2v) is 6.28. The molecule has 0 bridgehead atoms. The van der Waals surface area contributed by atoms with Gasteiger partial charge in [-0.25, -0.2) is 4.68 Å². The Hall–Kier alpha value is -0.660. The van der Waals surface area contributed by atoms with Gasteiger partial charge in [0.05, 0.1) is 11.9 Å². The molecule has 4 nitrogen and oxygen atoms in total. The molecule has 0 saturated carbocycles. The van der Waals surface area contributed by atoms with Crippen LogP contribution in [0, 0.1) is 0 Å². The summed E-state index contributed by atoms with van der Waals surface area (Å²) in [5, 5.41) is 9.31. The molecule has 0 aliphatic carbocycles. The molecule has 18 heavy (non-hydrogen) atoms. The molecule has 0 spiro atoms. The molecule has 7 heteroatoms. The van der Waals surface area contributed by atoms with Gasteiger partial charge < -0.3 is 5.32 Å². The lowest BCUT2D eigenvalue weighted by molar-refractivity contribution is 0.613. The molecule has 1 N–H and O–H groups in total. The van der Waals surface area contributed by atoms with Gasteiger partial charge in [-0.2, -0.15) is 5.10 Å². The maximum Gasteiger partial charge on any atom is 0.283 e. The third kappa shape index (κ3) is 3.02. The summed E-state index contributed by atoms with van der Waals surface area (Å²) in [6.45, 7) is 3.12. The van der Waals surface area contributed by atoms with Crippen LogP contribution >= 0.6 is 43.2 Å². The minimum absolute atomic E-state index is 0.116. The molecular weight excluding hydrogens is 382 g/mol. The lowest BCUT2D eigenvalue weighted by Gasteiger charge is -2.08. The number of nitrogens with one attached hydrogen (secondary N) is 1. The second kappa shape index (κ2) is 5.99. The zero-order valence-corrected chi connectivity index (χ0v) is 13.6. The monoisotopic (exact) mass is 391 g/mol. The molecular formula is C11H11Br2N3OS. The van der Waals surface area contributed by atoms with Crippen molar-refractivity contribution in [3.8, 4) is 0 Å². The molecule has 0 unspecified atom stereocenters. The van der Waals surface area contributed by atoms with Crippen LogP contribution in [0.2, 0.25) is 0 Å². The van der Waals surface area contributed by atoms with E-state index in [2.05, 4.69) is 42.3 Å². The van der Waals surface area contributed by atoms with E-state index in [4.69, 9.17) is 0 Å². The highest BCUT2D eigenvalue weighted by Gasteiger charge is 2.07. The molecule has 2 heterocycles. The SMILES string of the molecule is CCn1ncc(NCc2cc(Br)cs2)c(Br)c1=O. The molecule has 0 amide bonds. The number of aryl methyl sites for hydroxylation is 1. The Kier molecular flexibility index (Phi) is 4.58. The van der Waals surface area contributed by atoms with Gasteiger partial charge in [0, 0.05) is 27.8 Å². The number of hydrogen-bond donors (Lipinski definition) is 1. The topological polar surface area (TPSA) is 46.9 Å². The first-order valence-electron chi connectivity index (χ1n) is 5.34. The Bertz CT molecular complexity index is 609. The largest absolute Gasteiger partial charge is 0.378 e. The maximum atomic E-state index is 11.8. The van der Waals surface area contributed by atoms with Crippen molar-refractivity contribution in [2.75, 3.05) is 5.32 Å². The number of halogens is 2. The van der Waals surface area contributed by atoms with E-state index in [1.54, 1.807) is 17.5 Å². The van der Waals surface area contributed by atoms with Crippen molar-refractivity contribution in [1.82, 2.24) is 9.78 Å². The standard InChI is InChI=1S/C11H11Br2N3OS/c1-2-16-11(17)10(13)9(5-15-16)14-4-8-3-7(12)6-18-8/h3,5-6,14H,2,4H2,1H3. The second-order valence-electron chi connectivity index (χ2n) is 3.58. The molecule has 2 aromatic rings. The summed E-state index contributed by atoms with van der Waals surface area (Å²) in [7, 11) is 0. The van der Waals surface area contributed by atoms with E-state index in [9.17, 15) is 4.79 Å². The molecule has 0 aromatic carbocycles. The first-order chi connectivity index (χ1) is 8.61.